The number of nitrogens with zero attached hydrogens (tertiary/aromatic N) is 4. The molecule has 0 N–H and O–H groups in total. The monoisotopic (exact) mass is 342 g/mol. The predicted octanol–water partition coefficient (Wildman–Crippen LogP) is 3.19. The summed E-state index contributed by atoms with van der Waals surface area (Å²) in [6.07, 6.45) is 8.82. The van der Waals surface area contributed by atoms with E-state index in [1.165, 1.54) is 31.7 Å². The molecule has 1 aromatic heterocycles. The highest BCUT2D eigenvalue weighted by Gasteiger charge is 2.42. The second-order valence-corrected chi connectivity index (χ2v) is 7.61. The number of benzene rings is 1. The van der Waals surface area contributed by atoms with Gasteiger partial charge in [-0.15, -0.1) is 0 Å². The lowest BCUT2D eigenvalue weighted by Gasteiger charge is -2.45. The maximum Gasteiger partial charge on any atom is 0.123 e. The Labute approximate surface area is 149 Å². The van der Waals surface area contributed by atoms with Crippen LogP contribution in [0.5, 0.6) is 0 Å². The maximum atomic E-state index is 13.5. The highest BCUT2D eigenvalue weighted by Crippen LogP contribution is 2.39. The Bertz CT molecular complexity index is 718. The number of hydrogen-bond donors (Lipinski definition) is 0. The molecule has 1 spiro atoms. The van der Waals surface area contributed by atoms with Gasteiger partial charge in [-0.05, 0) is 49.9 Å². The second kappa shape index (κ2) is 6.89. The van der Waals surface area contributed by atoms with Crippen LogP contribution in [0.15, 0.2) is 36.7 Å². The molecule has 2 aliphatic rings. The van der Waals surface area contributed by atoms with Gasteiger partial charge in [-0.25, -0.2) is 9.37 Å². The van der Waals surface area contributed by atoms with Gasteiger partial charge in [0, 0.05) is 44.6 Å². The number of aryl methyl sites for hydroxylation is 1. The lowest BCUT2D eigenvalue weighted by Crippen LogP contribution is -2.51. The number of rotatable bonds is 4. The number of hydrogen-bond acceptors (Lipinski definition) is 3. The molecule has 25 heavy (non-hydrogen) atoms. The van der Waals surface area contributed by atoms with Crippen molar-refractivity contribution in [3.63, 3.8) is 0 Å². The fraction of sp³-hybridized carbons (Fsp3) is 0.550. The van der Waals surface area contributed by atoms with Crippen LogP contribution in [0.25, 0.3) is 0 Å². The van der Waals surface area contributed by atoms with Crippen LogP contribution in [0.2, 0.25) is 0 Å². The van der Waals surface area contributed by atoms with Crippen molar-refractivity contribution >= 4 is 0 Å². The number of likely N-dealkylation sites (tertiary alicyclic amines) is 2. The minimum absolute atomic E-state index is 0.129. The summed E-state index contributed by atoms with van der Waals surface area (Å²) >= 11 is 0. The van der Waals surface area contributed by atoms with Gasteiger partial charge in [0.05, 0.1) is 6.54 Å². The standard InChI is InChI=1S/C20H27FN4/c1-23-13-9-22-19(23)16-24-11-7-20(8-12-24)6-3-10-25(20)15-17-4-2-5-18(21)14-17/h2,4-5,9,13-14H,3,6-8,10-12,15-16H2,1H3. The summed E-state index contributed by atoms with van der Waals surface area (Å²) < 4.78 is 15.6. The zero-order valence-electron chi connectivity index (χ0n) is 15.0. The van der Waals surface area contributed by atoms with E-state index in [-0.39, 0.29) is 5.82 Å². The van der Waals surface area contributed by atoms with Gasteiger partial charge in [0.1, 0.15) is 11.6 Å². The summed E-state index contributed by atoms with van der Waals surface area (Å²) in [4.78, 5) is 9.58. The molecule has 2 fully saturated rings. The fourth-order valence-electron chi connectivity index (χ4n) is 4.54. The van der Waals surface area contributed by atoms with Crippen LogP contribution in [-0.4, -0.2) is 44.5 Å². The van der Waals surface area contributed by atoms with Crippen molar-refractivity contribution in [2.24, 2.45) is 7.05 Å². The van der Waals surface area contributed by atoms with Gasteiger partial charge in [0.2, 0.25) is 0 Å². The maximum absolute atomic E-state index is 13.5. The van der Waals surface area contributed by atoms with Crippen molar-refractivity contribution in [3.8, 4) is 0 Å². The molecule has 2 aromatic rings. The van der Waals surface area contributed by atoms with Gasteiger partial charge < -0.3 is 4.57 Å². The summed E-state index contributed by atoms with van der Waals surface area (Å²) in [6, 6.07) is 7.08. The Morgan fingerprint density at radius 2 is 1.96 bits per heavy atom. The third-order valence-corrected chi connectivity index (χ3v) is 6.08. The lowest BCUT2D eigenvalue weighted by atomic mass is 9.84. The normalized spacial score (nSPS) is 21.2. The van der Waals surface area contributed by atoms with Crippen LogP contribution in [0, 0.1) is 5.82 Å². The summed E-state index contributed by atoms with van der Waals surface area (Å²) in [5.41, 5.74) is 1.40. The zero-order valence-corrected chi connectivity index (χ0v) is 15.0. The molecule has 0 saturated carbocycles. The lowest BCUT2D eigenvalue weighted by molar-refractivity contribution is 0.0438. The Balaban J connectivity index is 1.39. The molecule has 0 aliphatic carbocycles. The van der Waals surface area contributed by atoms with Crippen molar-refractivity contribution in [2.45, 2.75) is 44.3 Å². The van der Waals surface area contributed by atoms with Crippen molar-refractivity contribution in [1.29, 1.82) is 0 Å². The summed E-state index contributed by atoms with van der Waals surface area (Å²) in [7, 11) is 2.06. The van der Waals surface area contributed by atoms with E-state index < -0.39 is 0 Å². The van der Waals surface area contributed by atoms with Gasteiger partial charge in [0.15, 0.2) is 0 Å². The van der Waals surface area contributed by atoms with E-state index in [1.807, 2.05) is 24.5 Å². The summed E-state index contributed by atoms with van der Waals surface area (Å²) in [5.74, 6) is 1.01. The Morgan fingerprint density at radius 1 is 1.12 bits per heavy atom. The quantitative estimate of drug-likeness (QED) is 0.853. The minimum Gasteiger partial charge on any atom is -0.337 e. The van der Waals surface area contributed by atoms with E-state index in [2.05, 4.69) is 26.4 Å². The van der Waals surface area contributed by atoms with Crippen molar-refractivity contribution in [2.75, 3.05) is 19.6 Å². The topological polar surface area (TPSA) is 24.3 Å². The van der Waals surface area contributed by atoms with Crippen LogP contribution in [-0.2, 0) is 20.1 Å². The molecule has 0 bridgehead atoms. The first-order valence-corrected chi connectivity index (χ1v) is 9.33. The van der Waals surface area contributed by atoms with E-state index in [4.69, 9.17) is 0 Å². The largest absolute Gasteiger partial charge is 0.337 e. The molecule has 0 unspecified atom stereocenters. The molecular weight excluding hydrogens is 315 g/mol. The number of halogens is 1. The second-order valence-electron chi connectivity index (χ2n) is 7.61. The molecule has 4 rings (SSSR count). The Kier molecular flexibility index (Phi) is 4.61. The van der Waals surface area contributed by atoms with Crippen molar-refractivity contribution in [3.05, 3.63) is 53.9 Å². The molecule has 5 heteroatoms. The molecule has 134 valence electrons. The highest BCUT2D eigenvalue weighted by molar-refractivity contribution is 5.17. The van der Waals surface area contributed by atoms with Gasteiger partial charge in [0.25, 0.3) is 0 Å². The van der Waals surface area contributed by atoms with E-state index in [9.17, 15) is 4.39 Å². The summed E-state index contributed by atoms with van der Waals surface area (Å²) in [5, 5.41) is 0. The van der Waals surface area contributed by atoms with E-state index in [0.29, 0.717) is 5.54 Å². The SMILES string of the molecule is Cn1ccnc1CN1CCC2(CCCN2Cc2cccc(F)c2)CC1. The number of aromatic nitrogens is 2. The highest BCUT2D eigenvalue weighted by atomic mass is 19.1. The molecular formula is C20H27FN4. The first-order valence-electron chi connectivity index (χ1n) is 9.33. The third-order valence-electron chi connectivity index (χ3n) is 6.08. The average molecular weight is 342 g/mol. The molecule has 1 aromatic carbocycles. The molecule has 0 radical (unpaired) electrons. The van der Waals surface area contributed by atoms with Crippen molar-refractivity contribution < 1.29 is 4.39 Å². The van der Waals surface area contributed by atoms with Crippen LogP contribution in [0.4, 0.5) is 4.39 Å². The minimum atomic E-state index is -0.129. The van der Waals surface area contributed by atoms with E-state index in [0.717, 1.165) is 44.1 Å². The summed E-state index contributed by atoms with van der Waals surface area (Å²) in [6.45, 7) is 5.18. The molecule has 4 nitrogen and oxygen atoms in total. The van der Waals surface area contributed by atoms with Gasteiger partial charge in [-0.3, -0.25) is 9.80 Å². The van der Waals surface area contributed by atoms with Crippen LogP contribution < -0.4 is 0 Å². The molecule has 2 saturated heterocycles. The number of imidazole rings is 1. The van der Waals surface area contributed by atoms with Gasteiger partial charge in [-0.2, -0.15) is 0 Å². The van der Waals surface area contributed by atoms with E-state index in [1.54, 1.807) is 6.07 Å². The van der Waals surface area contributed by atoms with Crippen LogP contribution >= 0.6 is 0 Å². The van der Waals surface area contributed by atoms with Crippen LogP contribution in [0.3, 0.4) is 0 Å². The number of piperidine rings is 1. The Hall–Kier alpha value is -1.72. The first kappa shape index (κ1) is 16.7. The molecule has 0 amide bonds. The molecule has 0 atom stereocenters. The fourth-order valence-corrected chi connectivity index (χ4v) is 4.54. The van der Waals surface area contributed by atoms with Gasteiger partial charge in [-0.1, -0.05) is 12.1 Å². The molecule has 3 heterocycles. The van der Waals surface area contributed by atoms with Gasteiger partial charge >= 0.3 is 0 Å². The smallest absolute Gasteiger partial charge is 0.123 e. The predicted molar refractivity (Wildman–Crippen MR) is 96.5 cm³/mol. The zero-order chi connectivity index (χ0) is 17.3. The third kappa shape index (κ3) is 3.48. The van der Waals surface area contributed by atoms with E-state index >= 15 is 0 Å². The average Bonchev–Trinajstić information content (AvgIpc) is 3.17. The first-order chi connectivity index (χ1) is 12.1. The van der Waals surface area contributed by atoms with Crippen molar-refractivity contribution in [1.82, 2.24) is 19.4 Å². The Morgan fingerprint density at radius 3 is 2.68 bits per heavy atom. The molecule has 2 aliphatic heterocycles. The van der Waals surface area contributed by atoms with Crippen LogP contribution in [0.1, 0.15) is 37.1 Å².